The lowest BCUT2D eigenvalue weighted by molar-refractivity contribution is -0.140. The summed E-state index contributed by atoms with van der Waals surface area (Å²) >= 11 is 6.13. The average molecular weight is 538 g/mol. The molecule has 2 aromatic rings. The molecule has 0 aromatic heterocycles. The number of benzene rings is 2. The van der Waals surface area contributed by atoms with Crippen molar-refractivity contribution in [1.82, 2.24) is 10.2 Å². The van der Waals surface area contributed by atoms with Gasteiger partial charge in [0.1, 0.15) is 11.8 Å². The molecule has 10 heteroatoms. The highest BCUT2D eigenvalue weighted by atomic mass is 35.5. The summed E-state index contributed by atoms with van der Waals surface area (Å²) in [6.07, 6.45) is 2.21. The average Bonchev–Trinajstić information content (AvgIpc) is 2.83. The fourth-order valence-corrected chi connectivity index (χ4v) is 4.88. The van der Waals surface area contributed by atoms with E-state index in [0.717, 1.165) is 18.2 Å². The van der Waals surface area contributed by atoms with Crippen molar-refractivity contribution in [3.05, 3.63) is 59.1 Å². The molecule has 2 rings (SSSR count). The van der Waals surface area contributed by atoms with Gasteiger partial charge in [-0.25, -0.2) is 8.42 Å². The molecule has 2 amide bonds. The lowest BCUT2D eigenvalue weighted by Crippen LogP contribution is -2.49. The maximum atomic E-state index is 13.3. The Morgan fingerprint density at radius 2 is 1.81 bits per heavy atom. The Morgan fingerprint density at radius 3 is 2.42 bits per heavy atom. The van der Waals surface area contributed by atoms with E-state index in [1.54, 1.807) is 49.4 Å². The molecular weight excluding hydrogens is 502 g/mol. The number of sulfonamides is 1. The maximum absolute atomic E-state index is 13.3. The molecule has 0 aliphatic rings. The van der Waals surface area contributed by atoms with Gasteiger partial charge in [0.25, 0.3) is 0 Å². The lowest BCUT2D eigenvalue weighted by Gasteiger charge is -2.30. The van der Waals surface area contributed by atoms with Gasteiger partial charge in [-0.15, -0.1) is 0 Å². The summed E-state index contributed by atoms with van der Waals surface area (Å²) < 4.78 is 31.6. The van der Waals surface area contributed by atoms with E-state index in [2.05, 4.69) is 5.32 Å². The van der Waals surface area contributed by atoms with Crippen molar-refractivity contribution in [3.63, 3.8) is 0 Å². The Balaban J connectivity index is 2.20. The first-order valence-electron chi connectivity index (χ1n) is 11.9. The number of carbonyl (C=O) groups is 2. The van der Waals surface area contributed by atoms with Gasteiger partial charge in [0.2, 0.25) is 21.8 Å². The number of methoxy groups -OCH3 is 1. The Hall–Kier alpha value is -2.78. The van der Waals surface area contributed by atoms with Crippen molar-refractivity contribution < 1.29 is 22.7 Å². The van der Waals surface area contributed by atoms with Crippen LogP contribution in [0.5, 0.6) is 5.75 Å². The van der Waals surface area contributed by atoms with E-state index in [9.17, 15) is 18.0 Å². The summed E-state index contributed by atoms with van der Waals surface area (Å²) in [4.78, 5) is 27.7. The third-order valence-electron chi connectivity index (χ3n) is 5.92. The lowest BCUT2D eigenvalue weighted by atomic mass is 10.1. The third-order valence-corrected chi connectivity index (χ3v) is 7.33. The second-order valence-electron chi connectivity index (χ2n) is 8.76. The molecule has 8 nitrogen and oxygen atoms in total. The number of halogens is 1. The molecule has 1 N–H and O–H groups in total. The van der Waals surface area contributed by atoms with Crippen molar-refractivity contribution in [3.8, 4) is 5.75 Å². The van der Waals surface area contributed by atoms with Gasteiger partial charge in [-0.2, -0.15) is 0 Å². The van der Waals surface area contributed by atoms with Crippen LogP contribution in [-0.2, 0) is 26.2 Å². The van der Waals surface area contributed by atoms with Crippen LogP contribution in [0.3, 0.4) is 0 Å². The highest BCUT2D eigenvalue weighted by Crippen LogP contribution is 2.29. The molecule has 0 bridgehead atoms. The first kappa shape index (κ1) is 29.5. The van der Waals surface area contributed by atoms with Crippen LogP contribution in [0.4, 0.5) is 5.69 Å². The fourth-order valence-electron chi connectivity index (χ4n) is 3.70. The van der Waals surface area contributed by atoms with Crippen LogP contribution < -0.4 is 14.4 Å². The van der Waals surface area contributed by atoms with Gasteiger partial charge in [-0.05, 0) is 56.5 Å². The summed E-state index contributed by atoms with van der Waals surface area (Å²) in [5.74, 6) is -0.0751. The number of anilines is 1. The van der Waals surface area contributed by atoms with Gasteiger partial charge in [0.05, 0.1) is 19.1 Å². The molecule has 0 aliphatic heterocycles. The van der Waals surface area contributed by atoms with Gasteiger partial charge < -0.3 is 15.0 Å². The number of ether oxygens (including phenoxy) is 1. The van der Waals surface area contributed by atoms with E-state index in [1.807, 2.05) is 19.9 Å². The zero-order chi connectivity index (χ0) is 26.9. The summed E-state index contributed by atoms with van der Waals surface area (Å²) in [6.45, 7) is 5.86. The van der Waals surface area contributed by atoms with Gasteiger partial charge in [-0.3, -0.25) is 13.9 Å². The molecular formula is C26H36ClN3O5S. The number of amides is 2. The predicted molar refractivity (Wildman–Crippen MR) is 144 cm³/mol. The Bertz CT molecular complexity index is 1140. The summed E-state index contributed by atoms with van der Waals surface area (Å²) in [5.41, 5.74) is 1.21. The zero-order valence-electron chi connectivity index (χ0n) is 21.5. The van der Waals surface area contributed by atoms with Gasteiger partial charge >= 0.3 is 0 Å². The first-order chi connectivity index (χ1) is 17.0. The minimum absolute atomic E-state index is 0.0211. The Kier molecular flexibility index (Phi) is 11.0. The second-order valence-corrected chi connectivity index (χ2v) is 11.1. The SMILES string of the molecule is CC[C@H](C)NC(=O)[C@H](C)N(Cc1cccc(Cl)c1)C(=O)CCCN(c1ccccc1OC)S(C)(=O)=O. The van der Waals surface area contributed by atoms with Crippen LogP contribution in [0, 0.1) is 0 Å². The molecule has 2 atom stereocenters. The Morgan fingerprint density at radius 1 is 1.11 bits per heavy atom. The van der Waals surface area contributed by atoms with Crippen molar-refractivity contribution in [2.24, 2.45) is 0 Å². The van der Waals surface area contributed by atoms with Crippen LogP contribution in [0.1, 0.15) is 45.6 Å². The first-order valence-corrected chi connectivity index (χ1v) is 14.2. The molecule has 36 heavy (non-hydrogen) atoms. The molecule has 198 valence electrons. The van der Waals surface area contributed by atoms with Crippen molar-refractivity contribution in [2.75, 3.05) is 24.2 Å². The smallest absolute Gasteiger partial charge is 0.242 e. The molecule has 2 aromatic carbocycles. The van der Waals surface area contributed by atoms with Crippen LogP contribution in [0.25, 0.3) is 0 Å². The van der Waals surface area contributed by atoms with Crippen LogP contribution >= 0.6 is 11.6 Å². The molecule has 0 saturated heterocycles. The number of nitrogens with one attached hydrogen (secondary N) is 1. The number of nitrogens with zero attached hydrogens (tertiary/aromatic N) is 2. The number of para-hydroxylation sites is 2. The van der Waals surface area contributed by atoms with E-state index in [-0.39, 0.29) is 43.8 Å². The van der Waals surface area contributed by atoms with Gasteiger partial charge in [0.15, 0.2) is 0 Å². The molecule has 0 heterocycles. The molecule has 0 radical (unpaired) electrons. The van der Waals surface area contributed by atoms with E-state index >= 15 is 0 Å². The van der Waals surface area contributed by atoms with Crippen molar-refractivity contribution in [1.29, 1.82) is 0 Å². The minimum Gasteiger partial charge on any atom is -0.495 e. The zero-order valence-corrected chi connectivity index (χ0v) is 23.1. The molecule has 0 aliphatic carbocycles. The second kappa shape index (κ2) is 13.5. The predicted octanol–water partition coefficient (Wildman–Crippen LogP) is 4.23. The molecule has 0 unspecified atom stereocenters. The quantitative estimate of drug-likeness (QED) is 0.412. The minimum atomic E-state index is -3.62. The third kappa shape index (κ3) is 8.41. The monoisotopic (exact) mass is 537 g/mol. The van der Waals surface area contributed by atoms with Gasteiger partial charge in [-0.1, -0.05) is 42.8 Å². The summed E-state index contributed by atoms with van der Waals surface area (Å²) in [5, 5.41) is 3.47. The normalized spacial score (nSPS) is 12.9. The van der Waals surface area contributed by atoms with Gasteiger partial charge in [0, 0.05) is 30.6 Å². The van der Waals surface area contributed by atoms with E-state index in [1.165, 1.54) is 16.3 Å². The standard InChI is InChI=1S/C26H36ClN3O5S/c1-6-19(2)28-26(32)20(3)29(18-21-11-9-12-22(27)17-21)25(31)15-10-16-30(36(5,33)34)23-13-7-8-14-24(23)35-4/h7-9,11-14,17,19-20H,6,10,15-16,18H2,1-5H3,(H,28,32)/t19-,20-/m0/s1. The van der Waals surface area contributed by atoms with Crippen LogP contribution in [0.2, 0.25) is 5.02 Å². The highest BCUT2D eigenvalue weighted by Gasteiger charge is 2.27. The van der Waals surface area contributed by atoms with Crippen LogP contribution in [-0.4, -0.2) is 57.1 Å². The molecule has 0 spiro atoms. The summed E-state index contributed by atoms with van der Waals surface area (Å²) in [6, 6.07) is 13.2. The van der Waals surface area contributed by atoms with Crippen molar-refractivity contribution in [2.45, 2.75) is 58.7 Å². The summed E-state index contributed by atoms with van der Waals surface area (Å²) in [7, 11) is -2.14. The number of hydrogen-bond donors (Lipinski definition) is 1. The topological polar surface area (TPSA) is 96.0 Å². The largest absolute Gasteiger partial charge is 0.495 e. The number of rotatable bonds is 13. The van der Waals surface area contributed by atoms with Crippen LogP contribution in [0.15, 0.2) is 48.5 Å². The Labute approximate surface area is 219 Å². The fraction of sp³-hybridized carbons (Fsp3) is 0.462. The number of carbonyl (C=O) groups excluding carboxylic acids is 2. The van der Waals surface area contributed by atoms with E-state index in [4.69, 9.17) is 16.3 Å². The maximum Gasteiger partial charge on any atom is 0.242 e. The molecule has 0 fully saturated rings. The van der Waals surface area contributed by atoms with E-state index in [0.29, 0.717) is 16.5 Å². The van der Waals surface area contributed by atoms with E-state index < -0.39 is 16.1 Å². The van der Waals surface area contributed by atoms with Crippen molar-refractivity contribution >= 4 is 39.1 Å². The highest BCUT2D eigenvalue weighted by molar-refractivity contribution is 7.92. The number of hydrogen-bond acceptors (Lipinski definition) is 5. The molecule has 0 saturated carbocycles.